The molecular weight excluding hydrogens is 276 g/mol. The molecule has 0 heterocycles. The number of rotatable bonds is 7. The average Bonchev–Trinajstić information content (AvgIpc) is 2.27. The Morgan fingerprint density at radius 3 is 2.65 bits per heavy atom. The largest absolute Gasteiger partial charge is 0.314 e. The number of hydrogen-bond donors (Lipinski definition) is 2. The zero-order valence-electron chi connectivity index (χ0n) is 11.0. The molecule has 0 aliphatic carbocycles. The maximum Gasteiger partial charge on any atom is 0.0207 e. The zero-order valence-corrected chi connectivity index (χ0v) is 12.6. The van der Waals surface area contributed by atoms with Crippen LogP contribution in [0, 0.1) is 6.92 Å². The first-order chi connectivity index (χ1) is 8.09. The van der Waals surface area contributed by atoms with Crippen molar-refractivity contribution in [3.05, 3.63) is 33.8 Å². The third kappa shape index (κ3) is 6.20. The summed E-state index contributed by atoms with van der Waals surface area (Å²) in [6, 6.07) is 7.11. The van der Waals surface area contributed by atoms with Crippen molar-refractivity contribution >= 4 is 15.9 Å². The molecule has 0 amide bonds. The van der Waals surface area contributed by atoms with Gasteiger partial charge >= 0.3 is 0 Å². The fraction of sp³-hybridized carbons (Fsp3) is 0.571. The highest BCUT2D eigenvalue weighted by molar-refractivity contribution is 9.10. The summed E-state index contributed by atoms with van der Waals surface area (Å²) in [7, 11) is 0. The molecule has 0 fully saturated rings. The summed E-state index contributed by atoms with van der Waals surface area (Å²) in [4.78, 5) is 0. The highest BCUT2D eigenvalue weighted by Gasteiger charge is 1.97. The van der Waals surface area contributed by atoms with E-state index in [9.17, 15) is 0 Å². The third-order valence-corrected chi connectivity index (χ3v) is 3.50. The molecule has 0 aromatic heterocycles. The standard InChI is InChI=1S/C14H23BrN2/c1-11(2)17-8-4-7-16-10-13-6-5-12(3)14(15)9-13/h5-6,9,11,16-17H,4,7-8,10H2,1-3H3. The minimum Gasteiger partial charge on any atom is -0.314 e. The summed E-state index contributed by atoms with van der Waals surface area (Å²) < 4.78 is 1.19. The minimum absolute atomic E-state index is 0.586. The highest BCUT2D eigenvalue weighted by atomic mass is 79.9. The Labute approximate surface area is 113 Å². The molecule has 0 radical (unpaired) electrons. The van der Waals surface area contributed by atoms with Gasteiger partial charge in [-0.15, -0.1) is 0 Å². The van der Waals surface area contributed by atoms with Crippen LogP contribution in [0.25, 0.3) is 0 Å². The van der Waals surface area contributed by atoms with Crippen LogP contribution in [0.3, 0.4) is 0 Å². The number of halogens is 1. The Morgan fingerprint density at radius 2 is 2.00 bits per heavy atom. The van der Waals surface area contributed by atoms with Crippen LogP contribution in [0.1, 0.15) is 31.4 Å². The highest BCUT2D eigenvalue weighted by Crippen LogP contribution is 2.17. The molecule has 96 valence electrons. The maximum atomic E-state index is 3.56. The van der Waals surface area contributed by atoms with E-state index in [-0.39, 0.29) is 0 Å². The van der Waals surface area contributed by atoms with Gasteiger partial charge in [-0.05, 0) is 43.6 Å². The van der Waals surface area contributed by atoms with Crippen molar-refractivity contribution in [3.8, 4) is 0 Å². The lowest BCUT2D eigenvalue weighted by atomic mass is 10.1. The Hall–Kier alpha value is -0.380. The van der Waals surface area contributed by atoms with Gasteiger partial charge < -0.3 is 10.6 Å². The molecule has 3 heteroatoms. The molecule has 0 aliphatic heterocycles. The Balaban J connectivity index is 2.16. The topological polar surface area (TPSA) is 24.1 Å². The van der Waals surface area contributed by atoms with E-state index >= 15 is 0 Å². The first-order valence-corrected chi connectivity index (χ1v) is 7.08. The number of aryl methyl sites for hydroxylation is 1. The summed E-state index contributed by atoms with van der Waals surface area (Å²) >= 11 is 3.56. The molecule has 17 heavy (non-hydrogen) atoms. The van der Waals surface area contributed by atoms with Crippen LogP contribution < -0.4 is 10.6 Å². The minimum atomic E-state index is 0.586. The fourth-order valence-electron chi connectivity index (χ4n) is 1.58. The lowest BCUT2D eigenvalue weighted by Gasteiger charge is -2.09. The molecule has 0 atom stereocenters. The molecule has 0 saturated carbocycles. The molecule has 2 N–H and O–H groups in total. The van der Waals surface area contributed by atoms with Crippen molar-refractivity contribution in [1.29, 1.82) is 0 Å². The van der Waals surface area contributed by atoms with Crippen LogP contribution in [0.5, 0.6) is 0 Å². The second kappa shape index (κ2) is 7.85. The average molecular weight is 299 g/mol. The van der Waals surface area contributed by atoms with Gasteiger partial charge in [-0.3, -0.25) is 0 Å². The summed E-state index contributed by atoms with van der Waals surface area (Å²) in [6.07, 6.45) is 1.17. The molecule has 0 spiro atoms. The van der Waals surface area contributed by atoms with E-state index in [0.29, 0.717) is 6.04 Å². The van der Waals surface area contributed by atoms with Gasteiger partial charge in [0.25, 0.3) is 0 Å². The number of hydrogen-bond acceptors (Lipinski definition) is 2. The first kappa shape index (κ1) is 14.7. The van der Waals surface area contributed by atoms with Crippen molar-refractivity contribution in [2.24, 2.45) is 0 Å². The second-order valence-electron chi connectivity index (χ2n) is 4.72. The van der Waals surface area contributed by atoms with Crippen LogP contribution in [0.15, 0.2) is 22.7 Å². The summed E-state index contributed by atoms with van der Waals surface area (Å²) in [5.74, 6) is 0. The van der Waals surface area contributed by atoms with Crippen LogP contribution >= 0.6 is 15.9 Å². The summed E-state index contributed by atoms with van der Waals surface area (Å²) in [5, 5.41) is 6.87. The van der Waals surface area contributed by atoms with Gasteiger partial charge in [0.1, 0.15) is 0 Å². The van der Waals surface area contributed by atoms with Crippen LogP contribution in [-0.2, 0) is 6.54 Å². The lowest BCUT2D eigenvalue weighted by molar-refractivity contribution is 0.547. The summed E-state index contributed by atoms with van der Waals surface area (Å²) in [5.41, 5.74) is 2.62. The number of benzene rings is 1. The van der Waals surface area contributed by atoms with E-state index in [1.807, 2.05) is 0 Å². The van der Waals surface area contributed by atoms with E-state index in [1.165, 1.54) is 22.0 Å². The van der Waals surface area contributed by atoms with E-state index in [2.05, 4.69) is 65.5 Å². The molecule has 1 aromatic carbocycles. The van der Waals surface area contributed by atoms with Crippen LogP contribution in [0.2, 0.25) is 0 Å². The lowest BCUT2D eigenvalue weighted by Crippen LogP contribution is -2.26. The van der Waals surface area contributed by atoms with E-state index in [4.69, 9.17) is 0 Å². The van der Waals surface area contributed by atoms with E-state index in [1.54, 1.807) is 0 Å². The van der Waals surface area contributed by atoms with Crippen molar-refractivity contribution in [2.75, 3.05) is 13.1 Å². The normalized spacial score (nSPS) is 11.1. The van der Waals surface area contributed by atoms with Gasteiger partial charge in [-0.2, -0.15) is 0 Å². The molecule has 0 unspecified atom stereocenters. The molecular formula is C14H23BrN2. The van der Waals surface area contributed by atoms with E-state index in [0.717, 1.165) is 19.6 Å². The van der Waals surface area contributed by atoms with Gasteiger partial charge in [-0.1, -0.05) is 41.9 Å². The van der Waals surface area contributed by atoms with Gasteiger partial charge in [0, 0.05) is 17.1 Å². The van der Waals surface area contributed by atoms with Crippen molar-refractivity contribution in [2.45, 2.75) is 39.8 Å². The predicted molar refractivity (Wildman–Crippen MR) is 78.3 cm³/mol. The quantitative estimate of drug-likeness (QED) is 0.755. The SMILES string of the molecule is Cc1ccc(CNCCCNC(C)C)cc1Br. The first-order valence-electron chi connectivity index (χ1n) is 6.28. The van der Waals surface area contributed by atoms with Gasteiger partial charge in [-0.25, -0.2) is 0 Å². The molecule has 0 aliphatic rings. The monoisotopic (exact) mass is 298 g/mol. The smallest absolute Gasteiger partial charge is 0.0207 e. The van der Waals surface area contributed by atoms with Crippen molar-refractivity contribution < 1.29 is 0 Å². The number of nitrogens with one attached hydrogen (secondary N) is 2. The Bertz CT molecular complexity index is 337. The van der Waals surface area contributed by atoms with Crippen LogP contribution in [-0.4, -0.2) is 19.1 Å². The maximum absolute atomic E-state index is 3.56. The molecule has 2 nitrogen and oxygen atoms in total. The molecule has 1 rings (SSSR count). The third-order valence-electron chi connectivity index (χ3n) is 2.65. The molecule has 0 bridgehead atoms. The molecule has 0 saturated heterocycles. The summed E-state index contributed by atoms with van der Waals surface area (Å²) in [6.45, 7) is 9.56. The fourth-order valence-corrected chi connectivity index (χ4v) is 2.01. The second-order valence-corrected chi connectivity index (χ2v) is 5.58. The zero-order chi connectivity index (χ0) is 12.7. The Morgan fingerprint density at radius 1 is 1.24 bits per heavy atom. The molecule has 1 aromatic rings. The van der Waals surface area contributed by atoms with Gasteiger partial charge in [0.15, 0.2) is 0 Å². The Kier molecular flexibility index (Phi) is 6.78. The van der Waals surface area contributed by atoms with Gasteiger partial charge in [0.2, 0.25) is 0 Å². The van der Waals surface area contributed by atoms with Gasteiger partial charge in [0.05, 0.1) is 0 Å². The van der Waals surface area contributed by atoms with E-state index < -0.39 is 0 Å². The van der Waals surface area contributed by atoms with Crippen molar-refractivity contribution in [1.82, 2.24) is 10.6 Å². The van der Waals surface area contributed by atoms with Crippen molar-refractivity contribution in [3.63, 3.8) is 0 Å². The van der Waals surface area contributed by atoms with Crippen LogP contribution in [0.4, 0.5) is 0 Å². The predicted octanol–water partition coefficient (Wildman–Crippen LogP) is 3.24.